The minimum absolute atomic E-state index is 0. The zero-order valence-corrected chi connectivity index (χ0v) is 16.8. The highest BCUT2D eigenvalue weighted by Gasteiger charge is 2.27. The van der Waals surface area contributed by atoms with Crippen LogP contribution in [0.25, 0.3) is 0 Å². The maximum absolute atomic E-state index is 13.6. The summed E-state index contributed by atoms with van der Waals surface area (Å²) in [6.45, 7) is 2.07. The molecular formula is C20H24ClFN2O2S. The predicted molar refractivity (Wildman–Crippen MR) is 109 cm³/mol. The van der Waals surface area contributed by atoms with Gasteiger partial charge < -0.3 is 15.0 Å². The molecule has 2 aromatic rings. The van der Waals surface area contributed by atoms with Crippen molar-refractivity contribution in [2.24, 2.45) is 0 Å². The van der Waals surface area contributed by atoms with E-state index in [1.807, 2.05) is 35.2 Å². The molecule has 1 unspecified atom stereocenters. The van der Waals surface area contributed by atoms with Crippen LogP contribution in [0.3, 0.4) is 0 Å². The van der Waals surface area contributed by atoms with Crippen LogP contribution in [0.2, 0.25) is 0 Å². The molecule has 27 heavy (non-hydrogen) atoms. The first kappa shape index (κ1) is 21.5. The fourth-order valence-corrected chi connectivity index (χ4v) is 3.93. The van der Waals surface area contributed by atoms with Gasteiger partial charge in [-0.05, 0) is 42.0 Å². The average Bonchev–Trinajstić information content (AvgIpc) is 2.68. The number of thioether (sulfide) groups is 1. The molecule has 0 radical (unpaired) electrons. The van der Waals surface area contributed by atoms with Crippen molar-refractivity contribution in [2.75, 3.05) is 32.5 Å². The molecule has 1 amide bonds. The highest BCUT2D eigenvalue weighted by molar-refractivity contribution is 7.99. The Morgan fingerprint density at radius 3 is 2.78 bits per heavy atom. The van der Waals surface area contributed by atoms with Gasteiger partial charge in [0.25, 0.3) is 0 Å². The molecule has 0 aromatic heterocycles. The number of halogens is 2. The summed E-state index contributed by atoms with van der Waals surface area (Å²) in [7, 11) is 1.64. The molecule has 1 fully saturated rings. The third-order valence-corrected chi connectivity index (χ3v) is 5.46. The van der Waals surface area contributed by atoms with Gasteiger partial charge in [0.05, 0.1) is 13.2 Å². The third kappa shape index (κ3) is 5.86. The number of carbonyl (C=O) groups is 1. The van der Waals surface area contributed by atoms with E-state index >= 15 is 0 Å². The first-order valence-corrected chi connectivity index (χ1v) is 9.68. The molecule has 1 heterocycles. The smallest absolute Gasteiger partial charge is 0.224 e. The van der Waals surface area contributed by atoms with Gasteiger partial charge in [-0.25, -0.2) is 4.39 Å². The molecule has 3 rings (SSSR count). The van der Waals surface area contributed by atoms with Crippen LogP contribution in [-0.2, 0) is 4.79 Å². The van der Waals surface area contributed by atoms with Crippen molar-refractivity contribution >= 4 is 30.1 Å². The van der Waals surface area contributed by atoms with Gasteiger partial charge in [0.2, 0.25) is 5.91 Å². The zero-order chi connectivity index (χ0) is 18.4. The second-order valence-corrected chi connectivity index (χ2v) is 7.30. The average molecular weight is 411 g/mol. The number of hydrogen-bond acceptors (Lipinski definition) is 4. The van der Waals surface area contributed by atoms with Gasteiger partial charge in [0.1, 0.15) is 11.6 Å². The summed E-state index contributed by atoms with van der Waals surface area (Å²) in [5.41, 5.74) is 0.841. The molecule has 4 nitrogen and oxygen atoms in total. The van der Waals surface area contributed by atoms with E-state index in [2.05, 4.69) is 5.32 Å². The molecule has 7 heteroatoms. The lowest BCUT2D eigenvalue weighted by atomic mass is 10.0. The highest BCUT2D eigenvalue weighted by atomic mass is 35.5. The largest absolute Gasteiger partial charge is 0.497 e. The van der Waals surface area contributed by atoms with Gasteiger partial charge in [0, 0.05) is 36.7 Å². The van der Waals surface area contributed by atoms with Crippen molar-refractivity contribution in [3.8, 4) is 5.75 Å². The van der Waals surface area contributed by atoms with Crippen molar-refractivity contribution in [1.82, 2.24) is 10.2 Å². The number of nitrogens with zero attached hydrogens (tertiary/aromatic N) is 1. The number of hydrogen-bond donors (Lipinski definition) is 1. The number of nitrogens with one attached hydrogen (secondary N) is 1. The number of piperazine rings is 1. The Bertz CT molecular complexity index is 745. The summed E-state index contributed by atoms with van der Waals surface area (Å²) in [5, 5.41) is 3.30. The van der Waals surface area contributed by atoms with E-state index in [0.717, 1.165) is 22.8 Å². The van der Waals surface area contributed by atoms with Gasteiger partial charge in [0.15, 0.2) is 0 Å². The van der Waals surface area contributed by atoms with E-state index in [1.54, 1.807) is 24.9 Å². The van der Waals surface area contributed by atoms with Gasteiger partial charge in [-0.15, -0.1) is 24.2 Å². The molecule has 1 aliphatic heterocycles. The van der Waals surface area contributed by atoms with Crippen molar-refractivity contribution in [3.05, 3.63) is 59.9 Å². The van der Waals surface area contributed by atoms with E-state index < -0.39 is 0 Å². The van der Waals surface area contributed by atoms with E-state index in [1.165, 1.54) is 12.1 Å². The van der Waals surface area contributed by atoms with E-state index in [4.69, 9.17) is 4.74 Å². The SMILES string of the molecule is COc1ccc(SCCC(=O)N2CCNCC2c2cccc(F)c2)cc1.Cl. The normalized spacial score (nSPS) is 16.5. The standard InChI is InChI=1S/C20H23FN2O2S.ClH/c1-25-17-5-7-18(8-6-17)26-12-9-20(24)23-11-10-22-14-19(23)15-3-2-4-16(21)13-15;/h2-8,13,19,22H,9-12,14H2,1H3;1H. The number of amides is 1. The van der Waals surface area contributed by atoms with Crippen LogP contribution in [0.1, 0.15) is 18.0 Å². The van der Waals surface area contributed by atoms with Crippen LogP contribution in [0.4, 0.5) is 4.39 Å². The monoisotopic (exact) mass is 410 g/mol. The Morgan fingerprint density at radius 1 is 1.30 bits per heavy atom. The molecule has 0 saturated carbocycles. The maximum atomic E-state index is 13.6. The van der Waals surface area contributed by atoms with Crippen molar-refractivity contribution in [3.63, 3.8) is 0 Å². The molecule has 2 aromatic carbocycles. The summed E-state index contributed by atoms with van der Waals surface area (Å²) in [4.78, 5) is 15.7. The Hall–Kier alpha value is -1.76. The van der Waals surface area contributed by atoms with Crippen LogP contribution >= 0.6 is 24.2 Å². The Morgan fingerprint density at radius 2 is 2.07 bits per heavy atom. The third-order valence-electron chi connectivity index (χ3n) is 4.44. The van der Waals surface area contributed by atoms with Gasteiger partial charge in [-0.1, -0.05) is 12.1 Å². The summed E-state index contributed by atoms with van der Waals surface area (Å²) in [6, 6.07) is 14.2. The molecule has 1 N–H and O–H groups in total. The van der Waals surface area contributed by atoms with Crippen LogP contribution in [0, 0.1) is 5.82 Å². The first-order chi connectivity index (χ1) is 12.7. The quantitative estimate of drug-likeness (QED) is 0.733. The van der Waals surface area contributed by atoms with Crippen LogP contribution in [0.15, 0.2) is 53.4 Å². The van der Waals surface area contributed by atoms with E-state index in [0.29, 0.717) is 25.3 Å². The zero-order valence-electron chi connectivity index (χ0n) is 15.2. The Balaban J connectivity index is 0.00000261. The molecule has 1 atom stereocenters. The van der Waals surface area contributed by atoms with Gasteiger partial charge >= 0.3 is 0 Å². The lowest BCUT2D eigenvalue weighted by molar-refractivity contribution is -0.134. The lowest BCUT2D eigenvalue weighted by Crippen LogP contribution is -2.48. The summed E-state index contributed by atoms with van der Waals surface area (Å²) in [5.74, 6) is 1.38. The first-order valence-electron chi connectivity index (χ1n) is 8.70. The fourth-order valence-electron chi connectivity index (χ4n) is 3.09. The lowest BCUT2D eigenvalue weighted by Gasteiger charge is -2.36. The van der Waals surface area contributed by atoms with Crippen molar-refractivity contribution in [1.29, 1.82) is 0 Å². The molecule has 146 valence electrons. The second kappa shape index (κ2) is 10.5. The number of rotatable bonds is 6. The van der Waals surface area contributed by atoms with Crippen molar-refractivity contribution in [2.45, 2.75) is 17.4 Å². The number of methoxy groups -OCH3 is 1. The number of carbonyl (C=O) groups excluding carboxylic acids is 1. The Labute approximate surface area is 169 Å². The summed E-state index contributed by atoms with van der Waals surface area (Å²) >= 11 is 1.65. The van der Waals surface area contributed by atoms with E-state index in [-0.39, 0.29) is 30.2 Å². The number of ether oxygens (including phenoxy) is 1. The molecular weight excluding hydrogens is 387 g/mol. The maximum Gasteiger partial charge on any atom is 0.224 e. The van der Waals surface area contributed by atoms with Crippen molar-refractivity contribution < 1.29 is 13.9 Å². The van der Waals surface area contributed by atoms with Crippen LogP contribution < -0.4 is 10.1 Å². The molecule has 0 bridgehead atoms. The molecule has 0 aliphatic carbocycles. The second-order valence-electron chi connectivity index (χ2n) is 6.14. The van der Waals surface area contributed by atoms with Crippen LogP contribution in [0.5, 0.6) is 5.75 Å². The van der Waals surface area contributed by atoms with E-state index in [9.17, 15) is 9.18 Å². The fraction of sp³-hybridized carbons (Fsp3) is 0.350. The predicted octanol–water partition coefficient (Wildman–Crippen LogP) is 3.91. The molecule has 0 spiro atoms. The Kier molecular flexibility index (Phi) is 8.41. The summed E-state index contributed by atoms with van der Waals surface area (Å²) in [6.07, 6.45) is 0.461. The highest BCUT2D eigenvalue weighted by Crippen LogP contribution is 2.26. The number of benzene rings is 2. The minimum Gasteiger partial charge on any atom is -0.497 e. The van der Waals surface area contributed by atoms with Gasteiger partial charge in [-0.3, -0.25) is 4.79 Å². The topological polar surface area (TPSA) is 41.6 Å². The van der Waals surface area contributed by atoms with Gasteiger partial charge in [-0.2, -0.15) is 0 Å². The molecule has 1 aliphatic rings. The summed E-state index contributed by atoms with van der Waals surface area (Å²) < 4.78 is 18.7. The minimum atomic E-state index is -0.268. The van der Waals surface area contributed by atoms with Crippen LogP contribution in [-0.4, -0.2) is 43.3 Å². The molecule has 1 saturated heterocycles.